The van der Waals surface area contributed by atoms with Crippen LogP contribution in [-0.2, 0) is 22.6 Å². The first-order chi connectivity index (χ1) is 14.0. The Balaban J connectivity index is 0.00000256. The van der Waals surface area contributed by atoms with E-state index in [4.69, 9.17) is 5.73 Å². The van der Waals surface area contributed by atoms with Crippen LogP contribution in [-0.4, -0.2) is 47.3 Å². The number of carbonyl (C=O) groups excluding carboxylic acids is 2. The maximum atomic E-state index is 12.8. The van der Waals surface area contributed by atoms with Gasteiger partial charge in [-0.15, -0.1) is 12.4 Å². The molecule has 0 bridgehead atoms. The molecule has 1 atom stereocenters. The fraction of sp³-hybridized carbons (Fsp3) is 0.417. The molecule has 0 aliphatic carbocycles. The molecule has 6 heteroatoms. The van der Waals surface area contributed by atoms with Crippen LogP contribution in [0.5, 0.6) is 0 Å². The Morgan fingerprint density at radius 2 is 1.53 bits per heavy atom. The fourth-order valence-electron chi connectivity index (χ4n) is 4.66. The molecule has 2 aromatic carbocycles. The van der Waals surface area contributed by atoms with Crippen LogP contribution in [0.3, 0.4) is 0 Å². The summed E-state index contributed by atoms with van der Waals surface area (Å²) in [6.45, 7) is 2.84. The van der Waals surface area contributed by atoms with Crippen LogP contribution in [0.2, 0.25) is 0 Å². The lowest BCUT2D eigenvalue weighted by Gasteiger charge is -2.39. The van der Waals surface area contributed by atoms with Crippen LogP contribution in [0.25, 0.3) is 0 Å². The first kappa shape index (κ1) is 22.3. The number of rotatable bonds is 5. The van der Waals surface area contributed by atoms with Crippen LogP contribution in [0.1, 0.15) is 30.4 Å². The molecule has 2 aliphatic heterocycles. The van der Waals surface area contributed by atoms with E-state index in [0.717, 1.165) is 30.5 Å². The monoisotopic (exact) mass is 427 g/mol. The molecule has 2 heterocycles. The van der Waals surface area contributed by atoms with E-state index in [-0.39, 0.29) is 29.6 Å². The molecule has 0 aromatic heterocycles. The number of amides is 2. The van der Waals surface area contributed by atoms with Crippen molar-refractivity contribution in [2.75, 3.05) is 19.6 Å². The van der Waals surface area contributed by atoms with Gasteiger partial charge in [0.05, 0.1) is 6.04 Å². The second kappa shape index (κ2) is 9.63. The minimum atomic E-state index is -0.508. The largest absolute Gasteiger partial charge is 0.341 e. The van der Waals surface area contributed by atoms with Gasteiger partial charge in [-0.05, 0) is 30.4 Å². The first-order valence-electron chi connectivity index (χ1n) is 10.4. The van der Waals surface area contributed by atoms with Crippen molar-refractivity contribution in [3.05, 3.63) is 71.8 Å². The van der Waals surface area contributed by atoms with Crippen LogP contribution < -0.4 is 5.73 Å². The summed E-state index contributed by atoms with van der Waals surface area (Å²) < 4.78 is 0. The van der Waals surface area contributed by atoms with Gasteiger partial charge in [0.1, 0.15) is 0 Å². The Bertz CT molecular complexity index is 851. The van der Waals surface area contributed by atoms with Gasteiger partial charge >= 0.3 is 0 Å². The molecule has 1 spiro atoms. The van der Waals surface area contributed by atoms with Crippen LogP contribution >= 0.6 is 12.4 Å². The summed E-state index contributed by atoms with van der Waals surface area (Å²) in [6.07, 6.45) is 2.89. The van der Waals surface area contributed by atoms with Crippen molar-refractivity contribution in [2.45, 2.75) is 38.3 Å². The van der Waals surface area contributed by atoms with E-state index in [2.05, 4.69) is 12.1 Å². The van der Waals surface area contributed by atoms with E-state index >= 15 is 0 Å². The lowest BCUT2D eigenvalue weighted by Crippen LogP contribution is -2.50. The summed E-state index contributed by atoms with van der Waals surface area (Å²) >= 11 is 0. The van der Waals surface area contributed by atoms with E-state index in [1.54, 1.807) is 0 Å². The van der Waals surface area contributed by atoms with Gasteiger partial charge in [0.25, 0.3) is 0 Å². The minimum absolute atomic E-state index is 0. The van der Waals surface area contributed by atoms with E-state index in [9.17, 15) is 9.59 Å². The smallest absolute Gasteiger partial charge is 0.239 e. The van der Waals surface area contributed by atoms with Crippen LogP contribution in [0.4, 0.5) is 0 Å². The zero-order valence-corrected chi connectivity index (χ0v) is 18.0. The highest BCUT2D eigenvalue weighted by atomic mass is 35.5. The minimum Gasteiger partial charge on any atom is -0.341 e. The van der Waals surface area contributed by atoms with Crippen LogP contribution in [0, 0.1) is 5.41 Å². The maximum absolute atomic E-state index is 12.8. The number of hydrogen-bond acceptors (Lipinski definition) is 3. The molecule has 2 N–H and O–H groups in total. The zero-order chi connectivity index (χ0) is 20.3. The molecule has 2 amide bonds. The van der Waals surface area contributed by atoms with Crippen molar-refractivity contribution in [3.63, 3.8) is 0 Å². The summed E-state index contributed by atoms with van der Waals surface area (Å²) in [7, 11) is 0. The number of halogens is 1. The summed E-state index contributed by atoms with van der Waals surface area (Å²) in [6, 6.07) is 19.5. The van der Waals surface area contributed by atoms with Crippen molar-refractivity contribution in [3.8, 4) is 0 Å². The average molecular weight is 428 g/mol. The number of carbonyl (C=O) groups is 2. The van der Waals surface area contributed by atoms with Crippen molar-refractivity contribution in [1.29, 1.82) is 0 Å². The van der Waals surface area contributed by atoms with E-state index in [1.807, 2.05) is 58.3 Å². The molecular weight excluding hydrogens is 398 g/mol. The zero-order valence-electron chi connectivity index (χ0n) is 17.2. The first-order valence-corrected chi connectivity index (χ1v) is 10.4. The Hall–Kier alpha value is -2.37. The lowest BCUT2D eigenvalue weighted by atomic mass is 9.77. The predicted molar refractivity (Wildman–Crippen MR) is 120 cm³/mol. The SMILES string of the molecule is Cl.N[C@@H](Cc1ccccc1)C(=O)N1CCC2(CC1)CC(=O)N(Cc1ccccc1)C2. The number of nitrogens with zero attached hydrogens (tertiary/aromatic N) is 2. The number of benzene rings is 2. The van der Waals surface area contributed by atoms with Gasteiger partial charge in [-0.25, -0.2) is 0 Å². The molecule has 0 saturated carbocycles. The van der Waals surface area contributed by atoms with Gasteiger partial charge in [0.15, 0.2) is 0 Å². The van der Waals surface area contributed by atoms with Gasteiger partial charge in [0.2, 0.25) is 11.8 Å². The topological polar surface area (TPSA) is 66.6 Å². The highest BCUT2D eigenvalue weighted by molar-refractivity contribution is 5.85. The second-order valence-electron chi connectivity index (χ2n) is 8.53. The maximum Gasteiger partial charge on any atom is 0.239 e. The second-order valence-corrected chi connectivity index (χ2v) is 8.53. The Kier molecular flexibility index (Phi) is 7.16. The number of nitrogens with two attached hydrogens (primary N) is 1. The Morgan fingerprint density at radius 1 is 0.967 bits per heavy atom. The molecule has 160 valence electrons. The van der Waals surface area contributed by atoms with E-state index in [1.165, 1.54) is 0 Å². The molecule has 30 heavy (non-hydrogen) atoms. The third-order valence-electron chi connectivity index (χ3n) is 6.37. The molecule has 0 radical (unpaired) electrons. The van der Waals surface area contributed by atoms with Crippen molar-refractivity contribution in [1.82, 2.24) is 9.80 Å². The molecule has 2 aromatic rings. The molecule has 0 unspecified atom stereocenters. The van der Waals surface area contributed by atoms with Crippen molar-refractivity contribution in [2.24, 2.45) is 11.1 Å². The average Bonchev–Trinajstić information content (AvgIpc) is 3.04. The summed E-state index contributed by atoms with van der Waals surface area (Å²) in [5, 5.41) is 0. The third-order valence-corrected chi connectivity index (χ3v) is 6.37. The van der Waals surface area contributed by atoms with Gasteiger partial charge in [-0.3, -0.25) is 9.59 Å². The summed E-state index contributed by atoms with van der Waals surface area (Å²) in [5.74, 6) is 0.253. The molecular formula is C24H30ClN3O2. The highest BCUT2D eigenvalue weighted by Gasteiger charge is 2.45. The van der Waals surface area contributed by atoms with Gasteiger partial charge < -0.3 is 15.5 Å². The molecule has 5 nitrogen and oxygen atoms in total. The number of likely N-dealkylation sites (tertiary alicyclic amines) is 2. The fourth-order valence-corrected chi connectivity index (χ4v) is 4.66. The standard InChI is InChI=1S/C24H29N3O2.ClH/c25-21(15-19-7-3-1-4-8-19)23(29)26-13-11-24(12-14-26)16-22(28)27(18-24)17-20-9-5-2-6-10-20;/h1-10,21H,11-18,25H2;1H/t21-;/m0./s1. The molecule has 2 saturated heterocycles. The normalized spacial score (nSPS) is 18.9. The molecule has 4 rings (SSSR count). The lowest BCUT2D eigenvalue weighted by molar-refractivity contribution is -0.134. The quantitative estimate of drug-likeness (QED) is 0.797. The van der Waals surface area contributed by atoms with Gasteiger partial charge in [-0.1, -0.05) is 60.7 Å². The Morgan fingerprint density at radius 3 is 2.13 bits per heavy atom. The Labute approximate surface area is 184 Å². The molecule has 2 fully saturated rings. The van der Waals surface area contributed by atoms with Crippen LogP contribution in [0.15, 0.2) is 60.7 Å². The number of hydrogen-bond donors (Lipinski definition) is 1. The van der Waals surface area contributed by atoms with E-state index < -0.39 is 6.04 Å². The predicted octanol–water partition coefficient (Wildman–Crippen LogP) is 3.02. The molecule has 2 aliphatic rings. The van der Waals surface area contributed by atoms with E-state index in [0.29, 0.717) is 32.5 Å². The van der Waals surface area contributed by atoms with Crippen molar-refractivity contribution >= 4 is 24.2 Å². The third kappa shape index (κ3) is 5.02. The highest BCUT2D eigenvalue weighted by Crippen LogP contribution is 2.41. The number of piperidine rings is 1. The van der Waals surface area contributed by atoms with Gasteiger partial charge in [-0.2, -0.15) is 0 Å². The summed E-state index contributed by atoms with van der Waals surface area (Å²) in [5.41, 5.74) is 8.46. The van der Waals surface area contributed by atoms with Gasteiger partial charge in [0, 0.05) is 38.0 Å². The van der Waals surface area contributed by atoms with Crippen molar-refractivity contribution < 1.29 is 9.59 Å². The summed E-state index contributed by atoms with van der Waals surface area (Å²) in [4.78, 5) is 29.3.